The summed E-state index contributed by atoms with van der Waals surface area (Å²) in [6, 6.07) is 0. The van der Waals surface area contributed by atoms with Gasteiger partial charge in [0.25, 0.3) is 11.8 Å². The van der Waals surface area contributed by atoms with E-state index in [2.05, 4.69) is 0 Å². The van der Waals surface area contributed by atoms with Crippen LogP contribution in [0.2, 0.25) is 0 Å². The molecule has 0 radical (unpaired) electrons. The van der Waals surface area contributed by atoms with Crippen LogP contribution in [-0.4, -0.2) is 115 Å². The smallest absolute Gasteiger partial charge is 0.349 e. The Morgan fingerprint density at radius 1 is 0.490 bits per heavy atom. The number of carbonyl (C=O) groups excluding carboxylic acids is 2. The molecular weight excluding hydrogens is 816 g/mol. The zero-order valence-corrected chi connectivity index (χ0v) is 22.8. The maximum atomic E-state index is 14.2. The van der Waals surface area contributed by atoms with Gasteiger partial charge in [0.1, 0.15) is 0 Å². The Labute approximate surface area is 260 Å². The summed E-state index contributed by atoms with van der Waals surface area (Å²) in [5, 5.41) is 0.217. The van der Waals surface area contributed by atoms with Crippen LogP contribution >= 0.6 is 0 Å². The Morgan fingerprint density at radius 3 is 1.06 bits per heavy atom. The molecule has 0 aliphatic heterocycles. The summed E-state index contributed by atoms with van der Waals surface area (Å²) in [6.07, 6.45) is -47.1. The lowest BCUT2D eigenvalue weighted by Gasteiger charge is -2.38. The van der Waals surface area contributed by atoms with Crippen molar-refractivity contribution in [1.82, 2.24) is 10.2 Å². The van der Waals surface area contributed by atoms with Gasteiger partial charge in [-0.15, -0.1) is 0 Å². The SMILES string of the molecule is NCCN(CCNC(=O)C(F)(F)C(F)(F)C(F)(F)OC(F)(C(F)(F)F)C(F)(F)F)C(=O)C(F)(F)C(F)(F)C(F)(F)OC(F)(C(F)(F)F)C(F)(F)F. The second-order valence-corrected chi connectivity index (χ2v) is 9.05. The van der Waals surface area contributed by atoms with Crippen LogP contribution in [0.1, 0.15) is 0 Å². The molecular formula is C18H11F26N3O4. The molecule has 51 heavy (non-hydrogen) atoms. The van der Waals surface area contributed by atoms with Crippen molar-refractivity contribution >= 4 is 11.8 Å². The van der Waals surface area contributed by atoms with Gasteiger partial charge in [0.2, 0.25) is 0 Å². The quantitative estimate of drug-likeness (QED) is 0.191. The van der Waals surface area contributed by atoms with Crippen LogP contribution in [-0.2, 0) is 19.1 Å². The Kier molecular flexibility index (Phi) is 13.0. The van der Waals surface area contributed by atoms with E-state index in [9.17, 15) is 124 Å². The molecule has 7 nitrogen and oxygen atoms in total. The van der Waals surface area contributed by atoms with Crippen molar-refractivity contribution in [2.45, 2.75) is 72.3 Å². The molecule has 0 aromatic heterocycles. The van der Waals surface area contributed by atoms with Gasteiger partial charge in [-0.05, 0) is 0 Å². The molecule has 0 aliphatic rings. The number of hydrogen-bond donors (Lipinski definition) is 2. The molecule has 0 saturated heterocycles. The van der Waals surface area contributed by atoms with Crippen LogP contribution in [0.5, 0.6) is 0 Å². The zero-order valence-electron chi connectivity index (χ0n) is 22.8. The molecule has 3 N–H and O–H groups in total. The number of alkyl halides is 26. The molecule has 0 spiro atoms. The molecule has 0 heterocycles. The minimum absolute atomic E-state index is 0.217. The number of hydrogen-bond acceptors (Lipinski definition) is 5. The van der Waals surface area contributed by atoms with Gasteiger partial charge in [-0.2, -0.15) is 114 Å². The van der Waals surface area contributed by atoms with Crippen LogP contribution in [0.25, 0.3) is 0 Å². The van der Waals surface area contributed by atoms with Crippen LogP contribution in [0.3, 0.4) is 0 Å². The minimum atomic E-state index is -8.00. The van der Waals surface area contributed by atoms with Gasteiger partial charge in [-0.25, -0.2) is 0 Å². The Morgan fingerprint density at radius 2 is 0.784 bits per heavy atom. The predicted molar refractivity (Wildman–Crippen MR) is 102 cm³/mol. The molecule has 0 fully saturated rings. The van der Waals surface area contributed by atoms with E-state index in [1.54, 1.807) is 0 Å². The Hall–Kier alpha value is -3.00. The summed E-state index contributed by atoms with van der Waals surface area (Å²) in [5.41, 5.74) is 4.71. The number of ether oxygens (including phenoxy) is 2. The summed E-state index contributed by atoms with van der Waals surface area (Å²) in [4.78, 5) is 22.1. The predicted octanol–water partition coefficient (Wildman–Crippen LogP) is 6.23. The highest BCUT2D eigenvalue weighted by Crippen LogP contribution is 2.56. The summed E-state index contributed by atoms with van der Waals surface area (Å²) in [6.45, 7) is -7.75. The number of nitrogens with two attached hydrogens (primary N) is 1. The van der Waals surface area contributed by atoms with Crippen molar-refractivity contribution in [1.29, 1.82) is 0 Å². The zero-order chi connectivity index (χ0) is 41.7. The van der Waals surface area contributed by atoms with Crippen molar-refractivity contribution in [2.75, 3.05) is 26.2 Å². The third-order valence-electron chi connectivity index (χ3n) is 5.42. The van der Waals surface area contributed by atoms with Crippen LogP contribution < -0.4 is 11.1 Å². The number of nitrogens with one attached hydrogen (secondary N) is 1. The van der Waals surface area contributed by atoms with E-state index in [0.29, 0.717) is 0 Å². The van der Waals surface area contributed by atoms with E-state index in [4.69, 9.17) is 5.73 Å². The lowest BCUT2D eigenvalue weighted by atomic mass is 10.1. The lowest BCUT2D eigenvalue weighted by molar-refractivity contribution is -0.512. The number of halogens is 26. The Balaban J connectivity index is 6.35. The van der Waals surface area contributed by atoms with Gasteiger partial charge < -0.3 is 16.0 Å². The maximum Gasteiger partial charge on any atom is 0.458 e. The fraction of sp³-hybridized carbons (Fsp3) is 0.889. The summed E-state index contributed by atoms with van der Waals surface area (Å²) in [7, 11) is 0. The van der Waals surface area contributed by atoms with Gasteiger partial charge in [0.05, 0.1) is 0 Å². The average Bonchev–Trinajstić information content (AvgIpc) is 2.88. The first-order chi connectivity index (χ1) is 21.9. The number of rotatable bonds is 15. The highest BCUT2D eigenvalue weighted by Gasteiger charge is 2.86. The first kappa shape index (κ1) is 48.0. The monoisotopic (exact) mass is 827 g/mol. The first-order valence-electron chi connectivity index (χ1n) is 11.5. The van der Waals surface area contributed by atoms with Gasteiger partial charge in [-0.1, -0.05) is 0 Å². The fourth-order valence-electron chi connectivity index (χ4n) is 2.76. The van der Waals surface area contributed by atoms with Crippen LogP contribution in [0.4, 0.5) is 114 Å². The molecule has 0 aromatic rings. The third-order valence-corrected chi connectivity index (χ3v) is 5.42. The molecule has 2 amide bonds. The molecule has 0 aliphatic carbocycles. The highest BCUT2D eigenvalue weighted by molar-refractivity contribution is 5.86. The molecule has 0 aromatic carbocycles. The molecule has 304 valence electrons. The normalized spacial score (nSPS) is 15.6. The molecule has 0 unspecified atom stereocenters. The molecule has 0 saturated carbocycles. The van der Waals surface area contributed by atoms with Crippen LogP contribution in [0.15, 0.2) is 0 Å². The summed E-state index contributed by atoms with van der Waals surface area (Å²) in [5.74, 6) is -54.4. The summed E-state index contributed by atoms with van der Waals surface area (Å²) >= 11 is 0. The first-order valence-corrected chi connectivity index (χ1v) is 11.5. The van der Waals surface area contributed by atoms with E-state index in [0.717, 1.165) is 0 Å². The van der Waals surface area contributed by atoms with E-state index in [1.165, 1.54) is 9.47 Å². The average molecular weight is 827 g/mol. The van der Waals surface area contributed by atoms with E-state index >= 15 is 0 Å². The largest absolute Gasteiger partial charge is 0.458 e. The second-order valence-electron chi connectivity index (χ2n) is 9.05. The highest BCUT2D eigenvalue weighted by atomic mass is 19.4. The van der Waals surface area contributed by atoms with Crippen molar-refractivity contribution in [3.05, 3.63) is 0 Å². The minimum Gasteiger partial charge on any atom is -0.349 e. The van der Waals surface area contributed by atoms with Crippen LogP contribution in [0, 0.1) is 0 Å². The van der Waals surface area contributed by atoms with Crippen molar-refractivity contribution in [2.24, 2.45) is 5.73 Å². The van der Waals surface area contributed by atoms with Gasteiger partial charge >= 0.3 is 72.3 Å². The van der Waals surface area contributed by atoms with E-state index < -0.39 is 115 Å². The molecule has 0 bridgehead atoms. The lowest BCUT2D eigenvalue weighted by Crippen LogP contribution is -2.67. The molecule has 33 heteroatoms. The van der Waals surface area contributed by atoms with Crippen molar-refractivity contribution in [3.8, 4) is 0 Å². The number of amides is 2. The standard InChI is InChI=1S/C18H11F26N3O4/c19-7(20,9(23,24)17(41,42)50-11(27,13(29,30)31)14(32,33)34)5(48)46-2-4-47(3-1-45)6(49)8(21,22)10(25,26)18(43,44)51-12(28,15(35,36)37)16(38,39)40/h1-4,45H2,(H,46,48). The fourth-order valence-corrected chi connectivity index (χ4v) is 2.76. The van der Waals surface area contributed by atoms with Gasteiger partial charge in [0.15, 0.2) is 0 Å². The van der Waals surface area contributed by atoms with Crippen molar-refractivity contribution < 1.29 is 133 Å². The maximum absolute atomic E-state index is 14.2. The third kappa shape index (κ3) is 8.47. The molecule has 0 atom stereocenters. The summed E-state index contributed by atoms with van der Waals surface area (Å²) < 4.78 is 344. The second kappa shape index (κ2) is 13.8. The van der Waals surface area contributed by atoms with Crippen molar-refractivity contribution in [3.63, 3.8) is 0 Å². The topological polar surface area (TPSA) is 93.9 Å². The van der Waals surface area contributed by atoms with E-state index in [-0.39, 0.29) is 5.32 Å². The van der Waals surface area contributed by atoms with Gasteiger partial charge in [0, 0.05) is 26.2 Å². The van der Waals surface area contributed by atoms with E-state index in [1.807, 2.05) is 0 Å². The Bertz CT molecular complexity index is 1210. The number of nitrogens with zero attached hydrogens (tertiary/aromatic N) is 1. The number of carbonyl (C=O) groups is 2. The molecule has 0 rings (SSSR count). The van der Waals surface area contributed by atoms with Gasteiger partial charge in [-0.3, -0.25) is 19.1 Å².